The Morgan fingerprint density at radius 3 is 2.03 bits per heavy atom. The first kappa shape index (κ1) is 23.4. The van der Waals surface area contributed by atoms with E-state index in [1.807, 2.05) is 73.6 Å². The van der Waals surface area contributed by atoms with E-state index in [0.29, 0.717) is 18.7 Å². The Labute approximate surface area is 179 Å². The largest absolute Gasteiger partial charge is 0.497 e. The van der Waals surface area contributed by atoms with E-state index >= 15 is 0 Å². The van der Waals surface area contributed by atoms with Crippen molar-refractivity contribution in [1.82, 2.24) is 9.80 Å². The molecule has 0 fully saturated rings. The molecule has 2 unspecified atom stereocenters. The molecular formula is C24H32N2O4. The van der Waals surface area contributed by atoms with Crippen molar-refractivity contribution < 1.29 is 19.1 Å². The SMILES string of the molecule is COc1ccc(C(OC(C)=O)C(CCN(C)C)(C(=O)N(C)C)c2ccccc2)cc1. The number of amides is 1. The highest BCUT2D eigenvalue weighted by molar-refractivity contribution is 5.89. The zero-order chi connectivity index (χ0) is 22.3. The Balaban J connectivity index is 2.77. The number of esters is 1. The maximum Gasteiger partial charge on any atom is 0.303 e. The molecule has 6 nitrogen and oxygen atoms in total. The van der Waals surface area contributed by atoms with Gasteiger partial charge in [-0.1, -0.05) is 42.5 Å². The van der Waals surface area contributed by atoms with Crippen LogP contribution in [0.3, 0.4) is 0 Å². The third-order valence-electron chi connectivity index (χ3n) is 5.18. The predicted molar refractivity (Wildman–Crippen MR) is 117 cm³/mol. The van der Waals surface area contributed by atoms with Crippen LogP contribution in [0.25, 0.3) is 0 Å². The van der Waals surface area contributed by atoms with Crippen molar-refractivity contribution in [2.24, 2.45) is 0 Å². The summed E-state index contributed by atoms with van der Waals surface area (Å²) in [6.07, 6.45) is -0.316. The molecule has 0 aliphatic rings. The zero-order valence-electron chi connectivity index (χ0n) is 18.7. The normalized spacial score (nSPS) is 14.0. The summed E-state index contributed by atoms with van der Waals surface area (Å²) in [5, 5.41) is 0. The van der Waals surface area contributed by atoms with Gasteiger partial charge >= 0.3 is 5.97 Å². The van der Waals surface area contributed by atoms with Crippen LogP contribution in [-0.2, 0) is 19.7 Å². The molecule has 0 saturated heterocycles. The lowest BCUT2D eigenvalue weighted by atomic mass is 9.69. The summed E-state index contributed by atoms with van der Waals surface area (Å²) in [5.74, 6) is 0.142. The monoisotopic (exact) mass is 412 g/mol. The lowest BCUT2D eigenvalue weighted by molar-refractivity contribution is -0.157. The third kappa shape index (κ3) is 5.19. The molecule has 0 aliphatic carbocycles. The molecule has 0 N–H and O–H groups in total. The van der Waals surface area contributed by atoms with Crippen LogP contribution in [0.1, 0.15) is 30.6 Å². The summed E-state index contributed by atoms with van der Waals surface area (Å²) in [5.41, 5.74) is 0.464. The zero-order valence-corrected chi connectivity index (χ0v) is 18.7. The maximum atomic E-state index is 13.8. The molecular weight excluding hydrogens is 380 g/mol. The second-order valence-electron chi connectivity index (χ2n) is 7.85. The minimum Gasteiger partial charge on any atom is -0.497 e. The van der Waals surface area contributed by atoms with Crippen LogP contribution >= 0.6 is 0 Å². The number of methoxy groups -OCH3 is 1. The van der Waals surface area contributed by atoms with Crippen LogP contribution in [-0.4, -0.2) is 63.5 Å². The van der Waals surface area contributed by atoms with Crippen molar-refractivity contribution >= 4 is 11.9 Å². The number of nitrogens with zero attached hydrogens (tertiary/aromatic N) is 2. The van der Waals surface area contributed by atoms with Gasteiger partial charge in [0.2, 0.25) is 5.91 Å². The fourth-order valence-corrected chi connectivity index (χ4v) is 3.70. The van der Waals surface area contributed by atoms with E-state index in [2.05, 4.69) is 0 Å². The molecule has 2 atom stereocenters. The summed E-state index contributed by atoms with van der Waals surface area (Å²) in [7, 11) is 8.98. The number of benzene rings is 2. The second kappa shape index (κ2) is 10.3. The Morgan fingerprint density at radius 2 is 1.57 bits per heavy atom. The van der Waals surface area contributed by atoms with Crippen LogP contribution in [0, 0.1) is 0 Å². The van der Waals surface area contributed by atoms with Gasteiger partial charge in [0, 0.05) is 21.0 Å². The van der Waals surface area contributed by atoms with Crippen molar-refractivity contribution in [2.75, 3.05) is 41.8 Å². The Hall–Kier alpha value is -2.86. The highest BCUT2D eigenvalue weighted by Crippen LogP contribution is 2.45. The summed E-state index contributed by atoms with van der Waals surface area (Å²) in [4.78, 5) is 29.6. The van der Waals surface area contributed by atoms with Crippen molar-refractivity contribution in [2.45, 2.75) is 24.9 Å². The number of hydrogen-bond donors (Lipinski definition) is 0. The van der Waals surface area contributed by atoms with Crippen LogP contribution < -0.4 is 4.74 Å². The maximum absolute atomic E-state index is 13.8. The fourth-order valence-electron chi connectivity index (χ4n) is 3.70. The molecule has 2 rings (SSSR count). The Bertz CT molecular complexity index is 834. The molecule has 0 radical (unpaired) electrons. The number of likely N-dealkylation sites (N-methyl/N-ethyl adjacent to an activating group) is 1. The third-order valence-corrected chi connectivity index (χ3v) is 5.18. The second-order valence-corrected chi connectivity index (χ2v) is 7.85. The summed E-state index contributed by atoms with van der Waals surface area (Å²) in [6, 6.07) is 16.9. The average molecular weight is 413 g/mol. The van der Waals surface area contributed by atoms with E-state index in [-0.39, 0.29) is 5.91 Å². The molecule has 0 aromatic heterocycles. The van der Waals surface area contributed by atoms with Gasteiger partial charge in [0.05, 0.1) is 7.11 Å². The van der Waals surface area contributed by atoms with E-state index in [4.69, 9.17) is 9.47 Å². The number of ether oxygens (including phenoxy) is 2. The lowest BCUT2D eigenvalue weighted by Crippen LogP contribution is -2.50. The number of hydrogen-bond acceptors (Lipinski definition) is 5. The van der Waals surface area contributed by atoms with Gasteiger partial charge in [-0.05, 0) is 50.3 Å². The topological polar surface area (TPSA) is 59.1 Å². The minimum absolute atomic E-state index is 0.113. The fraction of sp³-hybridized carbons (Fsp3) is 0.417. The first-order valence-electron chi connectivity index (χ1n) is 9.95. The van der Waals surface area contributed by atoms with E-state index in [1.165, 1.54) is 6.92 Å². The lowest BCUT2D eigenvalue weighted by Gasteiger charge is -2.41. The highest BCUT2D eigenvalue weighted by Gasteiger charge is 2.50. The van der Waals surface area contributed by atoms with Crippen LogP contribution in [0.15, 0.2) is 54.6 Å². The summed E-state index contributed by atoms with van der Waals surface area (Å²) >= 11 is 0. The highest BCUT2D eigenvalue weighted by atomic mass is 16.5. The van der Waals surface area contributed by atoms with E-state index < -0.39 is 17.5 Å². The number of rotatable bonds is 9. The Morgan fingerprint density at radius 1 is 0.967 bits per heavy atom. The van der Waals surface area contributed by atoms with Crippen LogP contribution in [0.4, 0.5) is 0 Å². The molecule has 30 heavy (non-hydrogen) atoms. The summed E-state index contributed by atoms with van der Waals surface area (Å²) < 4.78 is 11.2. The van der Waals surface area contributed by atoms with Crippen molar-refractivity contribution in [1.29, 1.82) is 0 Å². The predicted octanol–water partition coefficient (Wildman–Crippen LogP) is 3.28. The van der Waals surface area contributed by atoms with E-state index in [0.717, 1.165) is 11.1 Å². The van der Waals surface area contributed by atoms with Gasteiger partial charge in [0.15, 0.2) is 0 Å². The standard InChI is InChI=1S/C24H32N2O4/c1-18(27)30-22(19-12-14-21(29-6)15-13-19)24(16-17-25(2)3,23(28)26(4)5)20-10-8-7-9-11-20/h7-15,22H,16-17H2,1-6H3. The molecule has 162 valence electrons. The van der Waals surface area contributed by atoms with Crippen molar-refractivity contribution in [3.05, 3.63) is 65.7 Å². The molecule has 0 bridgehead atoms. The van der Waals surface area contributed by atoms with E-state index in [9.17, 15) is 9.59 Å². The van der Waals surface area contributed by atoms with Gasteiger partial charge in [0.25, 0.3) is 0 Å². The Kier molecular flexibility index (Phi) is 8.00. The average Bonchev–Trinajstić information content (AvgIpc) is 2.73. The number of carbonyl (C=O) groups excluding carboxylic acids is 2. The number of carbonyl (C=O) groups is 2. The molecule has 0 spiro atoms. The van der Waals surface area contributed by atoms with Gasteiger partial charge in [-0.3, -0.25) is 9.59 Å². The minimum atomic E-state index is -1.09. The van der Waals surface area contributed by atoms with Gasteiger partial charge in [0.1, 0.15) is 17.3 Å². The molecule has 2 aromatic carbocycles. The first-order valence-corrected chi connectivity index (χ1v) is 9.95. The summed E-state index contributed by atoms with van der Waals surface area (Å²) in [6.45, 7) is 2.01. The first-order chi connectivity index (χ1) is 14.2. The quantitative estimate of drug-likeness (QED) is 0.592. The molecule has 6 heteroatoms. The molecule has 2 aromatic rings. The van der Waals surface area contributed by atoms with Crippen molar-refractivity contribution in [3.63, 3.8) is 0 Å². The van der Waals surface area contributed by atoms with Gasteiger partial charge in [-0.2, -0.15) is 0 Å². The van der Waals surface area contributed by atoms with Crippen LogP contribution in [0.2, 0.25) is 0 Å². The van der Waals surface area contributed by atoms with Crippen molar-refractivity contribution in [3.8, 4) is 5.75 Å². The molecule has 0 saturated carbocycles. The molecule has 0 heterocycles. The van der Waals surface area contributed by atoms with Gasteiger partial charge < -0.3 is 19.3 Å². The van der Waals surface area contributed by atoms with E-state index in [1.54, 1.807) is 26.1 Å². The van der Waals surface area contributed by atoms with Gasteiger partial charge in [-0.15, -0.1) is 0 Å². The smallest absolute Gasteiger partial charge is 0.303 e. The molecule has 0 aliphatic heterocycles. The van der Waals surface area contributed by atoms with Gasteiger partial charge in [-0.25, -0.2) is 0 Å². The molecule has 1 amide bonds. The van der Waals surface area contributed by atoms with Crippen LogP contribution in [0.5, 0.6) is 5.75 Å².